The van der Waals surface area contributed by atoms with Crippen LogP contribution in [0.2, 0.25) is 0 Å². The van der Waals surface area contributed by atoms with Crippen LogP contribution in [0, 0.1) is 0 Å². The van der Waals surface area contributed by atoms with Crippen molar-refractivity contribution < 1.29 is 9.53 Å². The third kappa shape index (κ3) is 4.93. The molecule has 0 bridgehead atoms. The number of benzene rings is 1. The standard InChI is InChI=1S/C16H25N3O2/c1-16(2,3)21-15(20)10-12-8-13(17)11-14(9-12)19-6-4-18-5-7-19/h8-9,11,18H,4-7,10,17H2,1-3H3. The Bertz CT molecular complexity index is 503. The van der Waals surface area contributed by atoms with E-state index in [-0.39, 0.29) is 12.4 Å². The summed E-state index contributed by atoms with van der Waals surface area (Å²) in [5.41, 5.74) is 8.18. The van der Waals surface area contributed by atoms with Gasteiger partial charge in [-0.1, -0.05) is 0 Å². The summed E-state index contributed by atoms with van der Waals surface area (Å²) in [7, 11) is 0. The average Bonchev–Trinajstić information content (AvgIpc) is 2.36. The van der Waals surface area contributed by atoms with Gasteiger partial charge in [0.25, 0.3) is 0 Å². The Balaban J connectivity index is 2.09. The zero-order valence-electron chi connectivity index (χ0n) is 13.1. The maximum absolute atomic E-state index is 11.9. The maximum Gasteiger partial charge on any atom is 0.310 e. The molecule has 1 aliphatic rings. The minimum absolute atomic E-state index is 0.223. The van der Waals surface area contributed by atoms with Crippen LogP contribution in [0.15, 0.2) is 18.2 Å². The smallest absolute Gasteiger partial charge is 0.310 e. The number of hydrogen-bond acceptors (Lipinski definition) is 5. The topological polar surface area (TPSA) is 67.6 Å². The highest BCUT2D eigenvalue weighted by atomic mass is 16.6. The van der Waals surface area contributed by atoms with Crippen molar-refractivity contribution in [3.05, 3.63) is 23.8 Å². The fraction of sp³-hybridized carbons (Fsp3) is 0.562. The fourth-order valence-corrected chi connectivity index (χ4v) is 2.45. The first kappa shape index (κ1) is 15.6. The van der Waals surface area contributed by atoms with E-state index in [2.05, 4.69) is 10.2 Å². The Morgan fingerprint density at radius 3 is 2.57 bits per heavy atom. The summed E-state index contributed by atoms with van der Waals surface area (Å²) >= 11 is 0. The van der Waals surface area contributed by atoms with Gasteiger partial charge < -0.3 is 20.7 Å². The summed E-state index contributed by atoms with van der Waals surface area (Å²) in [6.07, 6.45) is 0.251. The number of esters is 1. The van der Waals surface area contributed by atoms with Gasteiger partial charge in [0, 0.05) is 37.6 Å². The van der Waals surface area contributed by atoms with E-state index in [4.69, 9.17) is 10.5 Å². The molecule has 0 spiro atoms. The molecule has 1 saturated heterocycles. The number of anilines is 2. The van der Waals surface area contributed by atoms with Crippen LogP contribution in [0.3, 0.4) is 0 Å². The van der Waals surface area contributed by atoms with Gasteiger partial charge in [0.1, 0.15) is 5.60 Å². The molecule has 0 aliphatic carbocycles. The molecule has 1 fully saturated rings. The van der Waals surface area contributed by atoms with Gasteiger partial charge in [-0.3, -0.25) is 4.79 Å². The molecule has 1 aromatic carbocycles. The Morgan fingerprint density at radius 1 is 1.29 bits per heavy atom. The molecule has 0 unspecified atom stereocenters. The van der Waals surface area contributed by atoms with E-state index in [9.17, 15) is 4.79 Å². The fourth-order valence-electron chi connectivity index (χ4n) is 2.45. The van der Waals surface area contributed by atoms with Crippen molar-refractivity contribution in [2.45, 2.75) is 32.8 Å². The van der Waals surface area contributed by atoms with Crippen LogP contribution in [-0.4, -0.2) is 37.7 Å². The van der Waals surface area contributed by atoms with Gasteiger partial charge >= 0.3 is 5.97 Å². The van der Waals surface area contributed by atoms with E-state index >= 15 is 0 Å². The van der Waals surface area contributed by atoms with Crippen molar-refractivity contribution >= 4 is 17.3 Å². The summed E-state index contributed by atoms with van der Waals surface area (Å²) in [6, 6.07) is 5.84. The number of carbonyl (C=O) groups is 1. The summed E-state index contributed by atoms with van der Waals surface area (Å²) in [6.45, 7) is 9.46. The third-order valence-corrected chi connectivity index (χ3v) is 3.25. The van der Waals surface area contributed by atoms with Gasteiger partial charge in [0.15, 0.2) is 0 Å². The number of rotatable bonds is 3. The molecule has 5 heteroatoms. The molecule has 0 aromatic heterocycles. The maximum atomic E-state index is 11.9. The molecule has 1 heterocycles. The van der Waals surface area contributed by atoms with Gasteiger partial charge in [-0.25, -0.2) is 0 Å². The summed E-state index contributed by atoms with van der Waals surface area (Å²) < 4.78 is 5.36. The lowest BCUT2D eigenvalue weighted by molar-refractivity contribution is -0.153. The Labute approximate surface area is 126 Å². The number of hydrogen-bond donors (Lipinski definition) is 2. The van der Waals surface area contributed by atoms with Crippen LogP contribution >= 0.6 is 0 Å². The molecule has 3 N–H and O–H groups in total. The first-order chi connectivity index (χ1) is 9.83. The van der Waals surface area contributed by atoms with Gasteiger partial charge in [-0.2, -0.15) is 0 Å². The first-order valence-electron chi connectivity index (χ1n) is 7.40. The minimum atomic E-state index is -0.460. The zero-order chi connectivity index (χ0) is 15.5. The van der Waals surface area contributed by atoms with Crippen LogP contribution < -0.4 is 16.0 Å². The van der Waals surface area contributed by atoms with Crippen molar-refractivity contribution in [2.75, 3.05) is 36.8 Å². The van der Waals surface area contributed by atoms with Gasteiger partial charge in [-0.05, 0) is 44.5 Å². The predicted molar refractivity (Wildman–Crippen MR) is 85.5 cm³/mol. The van der Waals surface area contributed by atoms with Crippen LogP contribution in [0.25, 0.3) is 0 Å². The third-order valence-electron chi connectivity index (χ3n) is 3.25. The first-order valence-corrected chi connectivity index (χ1v) is 7.40. The van der Waals surface area contributed by atoms with Gasteiger partial charge in [0.2, 0.25) is 0 Å². The van der Waals surface area contributed by atoms with Crippen molar-refractivity contribution in [1.82, 2.24) is 5.32 Å². The number of nitrogens with zero attached hydrogens (tertiary/aromatic N) is 1. The van der Waals surface area contributed by atoms with Crippen LogP contribution in [0.1, 0.15) is 26.3 Å². The number of ether oxygens (including phenoxy) is 1. The molecule has 0 saturated carbocycles. The molecule has 0 atom stereocenters. The van der Waals surface area contributed by atoms with Crippen LogP contribution in [-0.2, 0) is 16.0 Å². The zero-order valence-corrected chi connectivity index (χ0v) is 13.1. The Kier molecular flexibility index (Phi) is 4.73. The van der Waals surface area contributed by atoms with Crippen molar-refractivity contribution in [3.8, 4) is 0 Å². The largest absolute Gasteiger partial charge is 0.460 e. The van der Waals surface area contributed by atoms with E-state index in [0.29, 0.717) is 5.69 Å². The molecule has 1 aliphatic heterocycles. The SMILES string of the molecule is CC(C)(C)OC(=O)Cc1cc(N)cc(N2CCNCC2)c1. The van der Waals surface area contributed by atoms with E-state index in [1.54, 1.807) is 0 Å². The second-order valence-electron chi connectivity index (χ2n) is 6.43. The monoisotopic (exact) mass is 291 g/mol. The summed E-state index contributed by atoms with van der Waals surface area (Å²) in [5, 5.41) is 3.32. The second-order valence-corrected chi connectivity index (χ2v) is 6.43. The molecule has 116 valence electrons. The molecule has 21 heavy (non-hydrogen) atoms. The highest BCUT2D eigenvalue weighted by Crippen LogP contribution is 2.22. The Morgan fingerprint density at radius 2 is 1.95 bits per heavy atom. The quantitative estimate of drug-likeness (QED) is 0.653. The van der Waals surface area contributed by atoms with Crippen LogP contribution in [0.4, 0.5) is 11.4 Å². The van der Waals surface area contributed by atoms with E-state index in [1.165, 1.54) is 0 Å². The summed E-state index contributed by atoms with van der Waals surface area (Å²) in [5.74, 6) is -0.223. The number of nitrogens with one attached hydrogen (secondary N) is 1. The predicted octanol–water partition coefficient (Wildman–Crippen LogP) is 1.56. The number of nitrogen functional groups attached to an aromatic ring is 1. The van der Waals surface area contributed by atoms with Crippen molar-refractivity contribution in [1.29, 1.82) is 0 Å². The second kappa shape index (κ2) is 6.35. The number of carbonyl (C=O) groups excluding carboxylic acids is 1. The minimum Gasteiger partial charge on any atom is -0.460 e. The van der Waals surface area contributed by atoms with E-state index in [0.717, 1.165) is 37.4 Å². The van der Waals surface area contributed by atoms with Crippen molar-refractivity contribution in [2.24, 2.45) is 0 Å². The highest BCUT2D eigenvalue weighted by Gasteiger charge is 2.18. The number of nitrogens with two attached hydrogens (primary N) is 1. The molecular weight excluding hydrogens is 266 g/mol. The molecule has 1 aromatic rings. The molecule has 2 rings (SSSR count). The Hall–Kier alpha value is -1.75. The normalized spacial score (nSPS) is 15.9. The van der Waals surface area contributed by atoms with E-state index < -0.39 is 5.60 Å². The van der Waals surface area contributed by atoms with Gasteiger partial charge in [0.05, 0.1) is 6.42 Å². The molecular formula is C16H25N3O2. The lowest BCUT2D eigenvalue weighted by atomic mass is 10.1. The lowest BCUT2D eigenvalue weighted by Crippen LogP contribution is -2.43. The molecule has 5 nitrogen and oxygen atoms in total. The summed E-state index contributed by atoms with van der Waals surface area (Å²) in [4.78, 5) is 14.2. The van der Waals surface area contributed by atoms with Gasteiger partial charge in [-0.15, -0.1) is 0 Å². The molecule has 0 radical (unpaired) electrons. The van der Waals surface area contributed by atoms with Crippen LogP contribution in [0.5, 0.6) is 0 Å². The molecule has 0 amide bonds. The van der Waals surface area contributed by atoms with Crippen molar-refractivity contribution in [3.63, 3.8) is 0 Å². The number of piperazine rings is 1. The lowest BCUT2D eigenvalue weighted by Gasteiger charge is -2.30. The average molecular weight is 291 g/mol. The van der Waals surface area contributed by atoms with E-state index in [1.807, 2.05) is 39.0 Å². The highest BCUT2D eigenvalue weighted by molar-refractivity contribution is 5.74.